The van der Waals surface area contributed by atoms with Crippen molar-refractivity contribution < 1.29 is 42.8 Å². The molecule has 0 aromatic heterocycles. The van der Waals surface area contributed by atoms with Crippen LogP contribution in [0.2, 0.25) is 0 Å². The van der Waals surface area contributed by atoms with Crippen LogP contribution in [0.15, 0.2) is 36.4 Å². The molecule has 3 aromatic carbocycles. The van der Waals surface area contributed by atoms with Crippen molar-refractivity contribution in [2.45, 2.75) is 20.8 Å². The first-order valence-electron chi connectivity index (χ1n) is 12.8. The third kappa shape index (κ3) is 9.60. The average Bonchev–Trinajstić information content (AvgIpc) is 3.00. The van der Waals surface area contributed by atoms with Gasteiger partial charge in [-0.25, -0.2) is 14.4 Å². The zero-order valence-electron chi connectivity index (χ0n) is 25.9. The van der Waals surface area contributed by atoms with Crippen LogP contribution >= 0.6 is 0 Å². The van der Waals surface area contributed by atoms with E-state index in [-0.39, 0.29) is 22.8 Å². The molecule has 0 aliphatic rings. The summed E-state index contributed by atoms with van der Waals surface area (Å²) in [4.78, 5) is 53.5. The maximum atomic E-state index is 13.1. The predicted molar refractivity (Wildman–Crippen MR) is 164 cm³/mol. The van der Waals surface area contributed by atoms with E-state index in [2.05, 4.69) is 24.8 Å². The molecule has 0 saturated heterocycles. The van der Waals surface area contributed by atoms with Crippen molar-refractivity contribution in [1.29, 1.82) is 0 Å². The number of carbonyl (C=O) groups excluding carboxylic acids is 3. The molecule has 0 fully saturated rings. The number of nitrogens with one attached hydrogen (secondary N) is 2. The third-order valence-corrected chi connectivity index (χ3v) is 6.18. The molecular formula is C29H34FN5O10. The van der Waals surface area contributed by atoms with E-state index >= 15 is 0 Å². The molecule has 0 amide bonds. The maximum absolute atomic E-state index is 13.1. The van der Waals surface area contributed by atoms with Crippen LogP contribution < -0.4 is 16.4 Å². The summed E-state index contributed by atoms with van der Waals surface area (Å²) in [6, 6.07) is 8.01. The number of anilines is 3. The predicted octanol–water partition coefficient (Wildman–Crippen LogP) is 4.97. The van der Waals surface area contributed by atoms with Crippen LogP contribution in [-0.4, -0.2) is 63.2 Å². The molecular weight excluding hydrogens is 597 g/mol. The van der Waals surface area contributed by atoms with E-state index in [4.69, 9.17) is 5.73 Å². The lowest BCUT2D eigenvalue weighted by Gasteiger charge is -2.09. The van der Waals surface area contributed by atoms with Gasteiger partial charge in [-0.15, -0.1) is 0 Å². The second kappa shape index (κ2) is 16.7. The first kappa shape index (κ1) is 37.2. The van der Waals surface area contributed by atoms with Gasteiger partial charge in [0.25, 0.3) is 5.69 Å². The van der Waals surface area contributed by atoms with Crippen molar-refractivity contribution in [3.05, 3.63) is 95.8 Å². The normalized spacial score (nSPS) is 9.71. The van der Waals surface area contributed by atoms with Gasteiger partial charge in [0.15, 0.2) is 0 Å². The molecule has 0 spiro atoms. The van der Waals surface area contributed by atoms with E-state index in [1.165, 1.54) is 27.2 Å². The highest BCUT2D eigenvalue weighted by atomic mass is 19.1. The van der Waals surface area contributed by atoms with Crippen LogP contribution in [0, 0.1) is 46.8 Å². The Balaban J connectivity index is 0.000000338. The molecule has 4 N–H and O–H groups in total. The highest BCUT2D eigenvalue weighted by Gasteiger charge is 2.21. The number of methoxy groups -OCH3 is 3. The number of esters is 3. The number of nitrogens with zero attached hydrogens (tertiary/aromatic N) is 2. The Hall–Kier alpha value is -5.80. The number of nitrogens with two attached hydrogens (primary N) is 1. The molecule has 0 unspecified atom stereocenters. The molecule has 0 heterocycles. The highest BCUT2D eigenvalue weighted by molar-refractivity contribution is 5.94. The number of halogens is 1. The lowest BCUT2D eigenvalue weighted by molar-refractivity contribution is -0.387. The van der Waals surface area contributed by atoms with Crippen molar-refractivity contribution in [3.63, 3.8) is 0 Å². The van der Waals surface area contributed by atoms with E-state index in [0.29, 0.717) is 28.1 Å². The Kier molecular flexibility index (Phi) is 13.8. The topological polar surface area (TPSA) is 215 Å². The number of aryl methyl sites for hydroxylation is 3. The van der Waals surface area contributed by atoms with E-state index in [9.17, 15) is 39.0 Å². The summed E-state index contributed by atoms with van der Waals surface area (Å²) in [7, 11) is 7.10. The Morgan fingerprint density at radius 1 is 0.667 bits per heavy atom. The first-order valence-corrected chi connectivity index (χ1v) is 12.8. The van der Waals surface area contributed by atoms with Crippen LogP contribution in [0.3, 0.4) is 0 Å². The second-order valence-electron chi connectivity index (χ2n) is 9.05. The Labute approximate surface area is 257 Å². The van der Waals surface area contributed by atoms with Crippen LogP contribution in [-0.2, 0) is 14.2 Å². The van der Waals surface area contributed by atoms with Gasteiger partial charge < -0.3 is 30.6 Å². The molecule has 15 nitrogen and oxygen atoms in total. The van der Waals surface area contributed by atoms with Gasteiger partial charge in [-0.05, 0) is 61.7 Å². The minimum atomic E-state index is -0.967. The zero-order valence-corrected chi connectivity index (χ0v) is 25.9. The third-order valence-electron chi connectivity index (χ3n) is 6.18. The van der Waals surface area contributed by atoms with Gasteiger partial charge in [0.2, 0.25) is 5.82 Å². The minimum Gasteiger partial charge on any atom is -0.465 e. The van der Waals surface area contributed by atoms with E-state index in [0.717, 1.165) is 30.5 Å². The molecule has 16 heteroatoms. The van der Waals surface area contributed by atoms with Crippen molar-refractivity contribution in [2.75, 3.05) is 51.8 Å². The summed E-state index contributed by atoms with van der Waals surface area (Å²) >= 11 is 0. The summed E-state index contributed by atoms with van der Waals surface area (Å²) in [5.41, 5.74) is 9.03. The summed E-state index contributed by atoms with van der Waals surface area (Å²) < 4.78 is 26.6. The fraction of sp³-hybridized carbons (Fsp3) is 0.276. The van der Waals surface area contributed by atoms with Gasteiger partial charge in [-0.1, -0.05) is 0 Å². The van der Waals surface area contributed by atoms with Gasteiger partial charge in [0.05, 0.1) is 59.2 Å². The Morgan fingerprint density at radius 2 is 1.02 bits per heavy atom. The molecule has 242 valence electrons. The summed E-state index contributed by atoms with van der Waals surface area (Å²) in [5, 5.41) is 26.8. The molecule has 0 aliphatic heterocycles. The first-order chi connectivity index (χ1) is 21.1. The van der Waals surface area contributed by atoms with Crippen molar-refractivity contribution in [3.8, 4) is 0 Å². The van der Waals surface area contributed by atoms with Gasteiger partial charge >= 0.3 is 23.6 Å². The van der Waals surface area contributed by atoms with E-state index < -0.39 is 33.3 Å². The SMILES string of the molecule is CNc1cc(C)c(C(=O)OC)cc1N.CNc1cc(C)c(C(=O)OC)cc1[N+](=O)[O-].COC(=O)c1cc([N+](=O)[O-])c(F)cc1C. The standard InChI is InChI=1S/C10H12N2O4.C10H14N2O2.C9H8FNO4/c1-6-4-8(11-2)9(12(14)15)5-7(6)10(13)16-3;1-6-4-9(12-2)8(11)5-7(6)10(13)14-3;1-5-3-7(10)8(11(13)14)4-6(5)9(12)15-2/h4-5,11H,1-3H3;4-5,12H,11H2,1-3H3;3-4H,1-2H3. The van der Waals surface area contributed by atoms with Crippen LogP contribution in [0.25, 0.3) is 0 Å². The van der Waals surface area contributed by atoms with Crippen molar-refractivity contribution in [2.24, 2.45) is 0 Å². The maximum Gasteiger partial charge on any atom is 0.338 e. The minimum absolute atomic E-state index is 0.00870. The molecule has 45 heavy (non-hydrogen) atoms. The number of hydrogen-bond acceptors (Lipinski definition) is 13. The number of nitro groups is 2. The summed E-state index contributed by atoms with van der Waals surface area (Å²) in [6.45, 7) is 5.00. The molecule has 0 radical (unpaired) electrons. The molecule has 0 saturated carbocycles. The number of hydrogen-bond donors (Lipinski definition) is 3. The monoisotopic (exact) mass is 631 g/mol. The Bertz CT molecular complexity index is 1610. The lowest BCUT2D eigenvalue weighted by atomic mass is 10.1. The molecule has 3 aromatic rings. The lowest BCUT2D eigenvalue weighted by Crippen LogP contribution is -2.06. The van der Waals surface area contributed by atoms with Gasteiger partial charge in [0, 0.05) is 26.2 Å². The number of benzene rings is 3. The number of rotatable bonds is 7. The van der Waals surface area contributed by atoms with Crippen LogP contribution in [0.4, 0.5) is 32.8 Å². The second-order valence-corrected chi connectivity index (χ2v) is 9.05. The van der Waals surface area contributed by atoms with E-state index in [1.54, 1.807) is 33.2 Å². The number of ether oxygens (including phenoxy) is 3. The van der Waals surface area contributed by atoms with Crippen molar-refractivity contribution >= 4 is 46.3 Å². The number of carbonyl (C=O) groups is 3. The molecule has 0 atom stereocenters. The average molecular weight is 632 g/mol. The summed E-state index contributed by atoms with van der Waals surface area (Å²) in [5.74, 6) is -2.64. The van der Waals surface area contributed by atoms with Crippen molar-refractivity contribution in [1.82, 2.24) is 0 Å². The van der Waals surface area contributed by atoms with Crippen LogP contribution in [0.5, 0.6) is 0 Å². The van der Waals surface area contributed by atoms with Gasteiger partial charge in [-0.3, -0.25) is 20.2 Å². The largest absolute Gasteiger partial charge is 0.465 e. The number of nitrogen functional groups attached to an aromatic ring is 1. The van der Waals surface area contributed by atoms with Gasteiger partial charge in [-0.2, -0.15) is 4.39 Å². The highest BCUT2D eigenvalue weighted by Crippen LogP contribution is 2.28. The molecule has 0 aliphatic carbocycles. The Morgan fingerprint density at radius 3 is 1.40 bits per heavy atom. The van der Waals surface area contributed by atoms with E-state index in [1.807, 2.05) is 13.0 Å². The van der Waals surface area contributed by atoms with Gasteiger partial charge in [0.1, 0.15) is 5.69 Å². The quantitative estimate of drug-likeness (QED) is 0.103. The fourth-order valence-corrected chi connectivity index (χ4v) is 3.78. The number of nitro benzene ring substituents is 2. The zero-order chi connectivity index (χ0) is 34.6. The fourth-order valence-electron chi connectivity index (χ4n) is 3.78. The van der Waals surface area contributed by atoms with Crippen LogP contribution in [0.1, 0.15) is 47.8 Å². The molecule has 3 rings (SSSR count). The summed E-state index contributed by atoms with van der Waals surface area (Å²) in [6.07, 6.45) is 0. The smallest absolute Gasteiger partial charge is 0.338 e. The molecule has 0 bridgehead atoms.